The standard InChI is InChI=1S/C29H41N5O4/c1-2-37-27-12-4-3-11-26(27)31-29(36)38-22-21-33-17-19-34(20-18-33)25-10-7-9-24(23-25)28(35)30-13-8-16-32-14-5-6-15-32/h3-4,7,9-12,23H,2,5-6,8,13-22H2,1H3,(H,30,35)(H,31,36). The van der Waals surface area contributed by atoms with Gasteiger partial charge in [-0.3, -0.25) is 15.0 Å². The number of carbonyl (C=O) groups is 2. The number of benzene rings is 2. The lowest BCUT2D eigenvalue weighted by Gasteiger charge is -2.36. The van der Waals surface area contributed by atoms with Gasteiger partial charge in [-0.15, -0.1) is 0 Å². The van der Waals surface area contributed by atoms with Gasteiger partial charge in [-0.1, -0.05) is 18.2 Å². The Bertz CT molecular complexity index is 1040. The largest absolute Gasteiger partial charge is 0.492 e. The second-order valence-electron chi connectivity index (χ2n) is 9.73. The van der Waals surface area contributed by atoms with Crippen LogP contribution in [0, 0.1) is 0 Å². The number of nitrogens with one attached hydrogen (secondary N) is 2. The van der Waals surface area contributed by atoms with Crippen molar-refractivity contribution in [2.24, 2.45) is 0 Å². The zero-order valence-corrected chi connectivity index (χ0v) is 22.5. The third-order valence-electron chi connectivity index (χ3n) is 7.05. The van der Waals surface area contributed by atoms with Gasteiger partial charge in [0.25, 0.3) is 5.91 Å². The van der Waals surface area contributed by atoms with E-state index in [0.29, 0.717) is 43.3 Å². The number of hydrogen-bond acceptors (Lipinski definition) is 7. The summed E-state index contributed by atoms with van der Waals surface area (Å²) < 4.78 is 10.9. The van der Waals surface area contributed by atoms with Crippen molar-refractivity contribution in [2.45, 2.75) is 26.2 Å². The van der Waals surface area contributed by atoms with Crippen molar-refractivity contribution in [3.8, 4) is 5.75 Å². The Morgan fingerprint density at radius 1 is 0.895 bits per heavy atom. The molecule has 0 bridgehead atoms. The van der Waals surface area contributed by atoms with Gasteiger partial charge in [0.1, 0.15) is 12.4 Å². The maximum atomic E-state index is 12.7. The van der Waals surface area contributed by atoms with Gasteiger partial charge >= 0.3 is 6.09 Å². The Hall–Kier alpha value is -3.30. The predicted octanol–water partition coefficient (Wildman–Crippen LogP) is 3.67. The minimum absolute atomic E-state index is 0.00814. The number of nitrogens with zero attached hydrogens (tertiary/aromatic N) is 3. The summed E-state index contributed by atoms with van der Waals surface area (Å²) in [6.07, 6.45) is 3.09. The molecule has 2 aliphatic heterocycles. The van der Waals surface area contributed by atoms with Crippen LogP contribution in [-0.4, -0.2) is 93.9 Å². The summed E-state index contributed by atoms with van der Waals surface area (Å²) in [7, 11) is 0. The van der Waals surface area contributed by atoms with Crippen molar-refractivity contribution >= 4 is 23.4 Å². The van der Waals surface area contributed by atoms with Gasteiger partial charge in [-0.25, -0.2) is 4.79 Å². The number of anilines is 2. The van der Waals surface area contributed by atoms with E-state index in [4.69, 9.17) is 9.47 Å². The van der Waals surface area contributed by atoms with Crippen molar-refractivity contribution < 1.29 is 19.1 Å². The lowest BCUT2D eigenvalue weighted by molar-refractivity contribution is 0.0952. The fourth-order valence-electron chi connectivity index (χ4n) is 4.95. The van der Waals surface area contributed by atoms with Gasteiger partial charge in [0, 0.05) is 50.5 Å². The summed E-state index contributed by atoms with van der Waals surface area (Å²) in [5.74, 6) is 0.619. The second-order valence-corrected chi connectivity index (χ2v) is 9.73. The average molecular weight is 524 g/mol. The SMILES string of the molecule is CCOc1ccccc1NC(=O)OCCN1CCN(c2cccc(C(=O)NCCCN3CCCC3)c2)CC1. The fraction of sp³-hybridized carbons (Fsp3) is 0.517. The van der Waals surface area contributed by atoms with Crippen LogP contribution >= 0.6 is 0 Å². The number of amides is 2. The first kappa shape index (κ1) is 27.7. The molecule has 0 saturated carbocycles. The molecule has 4 rings (SSSR count). The molecule has 0 aromatic heterocycles. The molecule has 2 heterocycles. The molecule has 2 N–H and O–H groups in total. The van der Waals surface area contributed by atoms with Crippen LogP contribution in [0.2, 0.25) is 0 Å². The fourth-order valence-corrected chi connectivity index (χ4v) is 4.95. The van der Waals surface area contributed by atoms with Crippen LogP contribution < -0.4 is 20.3 Å². The van der Waals surface area contributed by atoms with Crippen molar-refractivity contribution in [3.63, 3.8) is 0 Å². The highest BCUT2D eigenvalue weighted by Crippen LogP contribution is 2.24. The molecule has 2 aromatic rings. The quantitative estimate of drug-likeness (QED) is 0.411. The molecule has 38 heavy (non-hydrogen) atoms. The minimum Gasteiger partial charge on any atom is -0.492 e. The first-order valence-corrected chi connectivity index (χ1v) is 13.9. The summed E-state index contributed by atoms with van der Waals surface area (Å²) in [5, 5.41) is 5.83. The number of para-hydroxylation sites is 2. The Kier molecular flexibility index (Phi) is 10.6. The molecule has 2 saturated heterocycles. The number of likely N-dealkylation sites (tertiary alicyclic amines) is 1. The molecule has 206 valence electrons. The summed E-state index contributed by atoms with van der Waals surface area (Å²) in [5.41, 5.74) is 2.38. The van der Waals surface area contributed by atoms with Gasteiger partial charge in [-0.05, 0) is 76.2 Å². The molecule has 2 amide bonds. The van der Waals surface area contributed by atoms with E-state index in [1.807, 2.05) is 43.3 Å². The first-order chi connectivity index (χ1) is 18.6. The van der Waals surface area contributed by atoms with Crippen LogP contribution in [0.3, 0.4) is 0 Å². The molecule has 2 fully saturated rings. The van der Waals surface area contributed by atoms with E-state index in [1.54, 1.807) is 6.07 Å². The third kappa shape index (κ3) is 8.36. The van der Waals surface area contributed by atoms with Crippen molar-refractivity contribution in [3.05, 3.63) is 54.1 Å². The van der Waals surface area contributed by atoms with Crippen LogP contribution in [0.15, 0.2) is 48.5 Å². The smallest absolute Gasteiger partial charge is 0.411 e. The van der Waals surface area contributed by atoms with E-state index in [1.165, 1.54) is 25.9 Å². The maximum Gasteiger partial charge on any atom is 0.411 e. The molecule has 9 nitrogen and oxygen atoms in total. The highest BCUT2D eigenvalue weighted by Gasteiger charge is 2.19. The highest BCUT2D eigenvalue weighted by molar-refractivity contribution is 5.95. The molecular weight excluding hydrogens is 482 g/mol. The Morgan fingerprint density at radius 2 is 1.66 bits per heavy atom. The summed E-state index contributed by atoms with van der Waals surface area (Å²) >= 11 is 0. The van der Waals surface area contributed by atoms with Crippen LogP contribution in [0.5, 0.6) is 5.75 Å². The Balaban J connectivity index is 1.14. The summed E-state index contributed by atoms with van der Waals surface area (Å²) in [4.78, 5) is 31.9. The van der Waals surface area contributed by atoms with E-state index in [2.05, 4.69) is 31.4 Å². The second kappa shape index (κ2) is 14.6. The van der Waals surface area contributed by atoms with Gasteiger partial charge in [0.05, 0.1) is 12.3 Å². The van der Waals surface area contributed by atoms with Crippen molar-refractivity contribution in [1.29, 1.82) is 0 Å². The summed E-state index contributed by atoms with van der Waals surface area (Å²) in [6, 6.07) is 15.2. The molecule has 0 atom stereocenters. The molecule has 0 unspecified atom stereocenters. The lowest BCUT2D eigenvalue weighted by atomic mass is 10.1. The maximum absolute atomic E-state index is 12.7. The monoisotopic (exact) mass is 523 g/mol. The normalized spacial score (nSPS) is 16.3. The zero-order valence-electron chi connectivity index (χ0n) is 22.5. The lowest BCUT2D eigenvalue weighted by Crippen LogP contribution is -2.47. The molecular formula is C29H41N5O4. The molecule has 2 aliphatic rings. The van der Waals surface area contributed by atoms with Crippen molar-refractivity contribution in [2.75, 3.05) is 82.3 Å². The van der Waals surface area contributed by atoms with E-state index in [-0.39, 0.29) is 5.91 Å². The Morgan fingerprint density at radius 3 is 2.45 bits per heavy atom. The Labute approximate surface area is 226 Å². The highest BCUT2D eigenvalue weighted by atomic mass is 16.5. The van der Waals surface area contributed by atoms with Crippen LogP contribution in [0.4, 0.5) is 16.2 Å². The van der Waals surface area contributed by atoms with E-state index in [9.17, 15) is 9.59 Å². The number of ether oxygens (including phenoxy) is 2. The molecule has 0 spiro atoms. The van der Waals surface area contributed by atoms with Crippen LogP contribution in [0.1, 0.15) is 36.5 Å². The molecule has 2 aromatic carbocycles. The third-order valence-corrected chi connectivity index (χ3v) is 7.05. The van der Waals surface area contributed by atoms with Crippen molar-refractivity contribution in [1.82, 2.24) is 15.1 Å². The first-order valence-electron chi connectivity index (χ1n) is 13.9. The topological polar surface area (TPSA) is 86.4 Å². The predicted molar refractivity (Wildman–Crippen MR) is 150 cm³/mol. The minimum atomic E-state index is -0.484. The molecule has 0 radical (unpaired) electrons. The number of carbonyl (C=O) groups excluding carboxylic acids is 2. The summed E-state index contributed by atoms with van der Waals surface area (Å²) in [6.45, 7) is 11.0. The number of hydrogen-bond donors (Lipinski definition) is 2. The van der Waals surface area contributed by atoms with Gasteiger partial charge in [-0.2, -0.15) is 0 Å². The zero-order chi connectivity index (χ0) is 26.6. The average Bonchev–Trinajstić information content (AvgIpc) is 3.46. The van der Waals surface area contributed by atoms with Crippen LogP contribution in [0.25, 0.3) is 0 Å². The molecule has 0 aliphatic carbocycles. The number of rotatable bonds is 12. The van der Waals surface area contributed by atoms with E-state index in [0.717, 1.165) is 44.8 Å². The molecule has 9 heteroatoms. The van der Waals surface area contributed by atoms with Gasteiger partial charge in [0.15, 0.2) is 0 Å². The van der Waals surface area contributed by atoms with Gasteiger partial charge in [0.2, 0.25) is 0 Å². The van der Waals surface area contributed by atoms with Gasteiger partial charge < -0.3 is 24.6 Å². The number of piperazine rings is 1. The van der Waals surface area contributed by atoms with E-state index < -0.39 is 6.09 Å². The van der Waals surface area contributed by atoms with E-state index >= 15 is 0 Å². The van der Waals surface area contributed by atoms with Crippen LogP contribution in [-0.2, 0) is 4.74 Å².